The summed E-state index contributed by atoms with van der Waals surface area (Å²) in [7, 11) is 0. The molecule has 0 unspecified atom stereocenters. The minimum Gasteiger partial charge on any atom is -0.376 e. The highest BCUT2D eigenvalue weighted by atomic mass is 19.4. The molecular formula is C23H20F6N2O3. The Kier molecular flexibility index (Phi) is 5.87. The van der Waals surface area contributed by atoms with Crippen molar-refractivity contribution in [3.63, 3.8) is 0 Å². The van der Waals surface area contributed by atoms with Crippen molar-refractivity contribution in [1.29, 1.82) is 0 Å². The molecule has 5 nitrogen and oxygen atoms in total. The Bertz CT molecular complexity index is 1040. The average molecular weight is 486 g/mol. The minimum absolute atomic E-state index is 0.0200. The highest BCUT2D eigenvalue weighted by molar-refractivity contribution is 5.98. The molecule has 0 radical (unpaired) electrons. The largest absolute Gasteiger partial charge is 0.416 e. The molecular weight excluding hydrogens is 466 g/mol. The number of benzene rings is 2. The summed E-state index contributed by atoms with van der Waals surface area (Å²) in [6.07, 6.45) is -9.15. The van der Waals surface area contributed by atoms with Crippen LogP contribution in [0.25, 0.3) is 0 Å². The quantitative estimate of drug-likeness (QED) is 0.589. The van der Waals surface area contributed by atoms with Gasteiger partial charge in [0, 0.05) is 5.41 Å². The fraction of sp³-hybridized carbons (Fsp3) is 0.391. The average Bonchev–Trinajstić information content (AvgIpc) is 2.71. The summed E-state index contributed by atoms with van der Waals surface area (Å²) in [4.78, 5) is 23.7. The van der Waals surface area contributed by atoms with Crippen LogP contribution in [0.3, 0.4) is 0 Å². The lowest BCUT2D eigenvalue weighted by atomic mass is 9.53. The molecule has 0 atom stereocenters. The van der Waals surface area contributed by atoms with Crippen molar-refractivity contribution in [2.75, 3.05) is 6.61 Å². The van der Waals surface area contributed by atoms with Crippen LogP contribution >= 0.6 is 0 Å². The first kappa shape index (κ1) is 24.1. The zero-order chi connectivity index (χ0) is 24.8. The molecule has 1 saturated carbocycles. The lowest BCUT2D eigenvalue weighted by Gasteiger charge is -2.57. The van der Waals surface area contributed by atoms with Crippen LogP contribution in [0.1, 0.15) is 41.5 Å². The summed E-state index contributed by atoms with van der Waals surface area (Å²) in [5, 5.41) is 4.93. The summed E-state index contributed by atoms with van der Waals surface area (Å²) >= 11 is 0. The number of alkyl halides is 6. The summed E-state index contributed by atoms with van der Waals surface area (Å²) in [5.74, 6) is -0.421. The van der Waals surface area contributed by atoms with Gasteiger partial charge in [0.1, 0.15) is 0 Å². The lowest BCUT2D eigenvalue weighted by molar-refractivity contribution is -0.143. The van der Waals surface area contributed by atoms with Crippen molar-refractivity contribution in [2.45, 2.75) is 49.2 Å². The van der Waals surface area contributed by atoms with E-state index in [0.29, 0.717) is 25.0 Å². The fourth-order valence-corrected chi connectivity index (χ4v) is 4.90. The summed E-state index contributed by atoms with van der Waals surface area (Å²) < 4.78 is 84.4. The van der Waals surface area contributed by atoms with Crippen molar-refractivity contribution in [2.24, 2.45) is 0 Å². The molecule has 0 bridgehead atoms. The maximum Gasteiger partial charge on any atom is 0.416 e. The molecule has 11 heteroatoms. The topological polar surface area (TPSA) is 67.4 Å². The molecule has 182 valence electrons. The third-order valence-corrected chi connectivity index (χ3v) is 6.16. The van der Waals surface area contributed by atoms with Crippen molar-refractivity contribution < 1.29 is 40.7 Å². The number of rotatable bonds is 5. The second-order valence-electron chi connectivity index (χ2n) is 8.87. The Morgan fingerprint density at radius 1 is 0.882 bits per heavy atom. The van der Waals surface area contributed by atoms with E-state index in [-0.39, 0.29) is 24.7 Å². The van der Waals surface area contributed by atoms with E-state index in [1.165, 1.54) is 0 Å². The number of imide groups is 1. The molecule has 2 aromatic carbocycles. The van der Waals surface area contributed by atoms with E-state index in [4.69, 9.17) is 4.74 Å². The van der Waals surface area contributed by atoms with Crippen LogP contribution in [0.5, 0.6) is 0 Å². The molecule has 1 saturated heterocycles. The summed E-state index contributed by atoms with van der Waals surface area (Å²) in [6.45, 7) is -0.491. The number of hydrogen-bond donors (Lipinski definition) is 2. The SMILES string of the molecule is O=C1CC2(CC(COCc3cc(C(F)(F)F)cc(C(F)(F)F)c3)(c3ccccc3)C2)NC(=O)N1. The first-order chi connectivity index (χ1) is 15.8. The van der Waals surface area contributed by atoms with Gasteiger partial charge in [0.15, 0.2) is 0 Å². The van der Waals surface area contributed by atoms with E-state index in [1.54, 1.807) is 18.2 Å². The number of carbonyl (C=O) groups is 2. The molecule has 1 heterocycles. The lowest BCUT2D eigenvalue weighted by Crippen LogP contribution is -2.70. The third kappa shape index (κ3) is 4.89. The third-order valence-electron chi connectivity index (χ3n) is 6.16. The van der Waals surface area contributed by atoms with Gasteiger partial charge >= 0.3 is 18.4 Å². The van der Waals surface area contributed by atoms with Gasteiger partial charge < -0.3 is 10.1 Å². The number of halogens is 6. The molecule has 2 aromatic rings. The molecule has 34 heavy (non-hydrogen) atoms. The van der Waals surface area contributed by atoms with E-state index in [0.717, 1.165) is 5.56 Å². The van der Waals surface area contributed by atoms with E-state index >= 15 is 0 Å². The number of hydrogen-bond acceptors (Lipinski definition) is 3. The van der Waals surface area contributed by atoms with Gasteiger partial charge in [-0.05, 0) is 42.2 Å². The van der Waals surface area contributed by atoms with E-state index in [1.807, 2.05) is 12.1 Å². The zero-order valence-electron chi connectivity index (χ0n) is 17.6. The van der Waals surface area contributed by atoms with E-state index in [2.05, 4.69) is 10.6 Å². The van der Waals surface area contributed by atoms with Crippen LogP contribution in [0.2, 0.25) is 0 Å². The normalized spacial score (nSPS) is 25.0. The van der Waals surface area contributed by atoms with Gasteiger partial charge in [-0.15, -0.1) is 0 Å². The number of amides is 3. The number of ether oxygens (including phenoxy) is 1. The Labute approximate surface area is 190 Å². The van der Waals surface area contributed by atoms with Gasteiger partial charge in [0.25, 0.3) is 0 Å². The van der Waals surface area contributed by atoms with Gasteiger partial charge in [-0.1, -0.05) is 30.3 Å². The van der Waals surface area contributed by atoms with Crippen LogP contribution in [-0.2, 0) is 33.9 Å². The molecule has 2 aliphatic rings. The van der Waals surface area contributed by atoms with Crippen molar-refractivity contribution in [3.8, 4) is 0 Å². The zero-order valence-corrected chi connectivity index (χ0v) is 17.6. The Balaban J connectivity index is 1.54. The van der Waals surface area contributed by atoms with Crippen LogP contribution in [0.15, 0.2) is 48.5 Å². The molecule has 2 fully saturated rings. The van der Waals surface area contributed by atoms with Gasteiger partial charge in [0.2, 0.25) is 5.91 Å². The first-order valence-electron chi connectivity index (χ1n) is 10.3. The summed E-state index contributed by atoms with van der Waals surface area (Å²) in [5.41, 5.74) is -3.68. The highest BCUT2D eigenvalue weighted by Crippen LogP contribution is 2.52. The number of urea groups is 1. The maximum atomic E-state index is 13.1. The monoisotopic (exact) mass is 486 g/mol. The Hall–Kier alpha value is -3.08. The van der Waals surface area contributed by atoms with Crippen molar-refractivity contribution in [3.05, 3.63) is 70.8 Å². The second-order valence-corrected chi connectivity index (χ2v) is 8.87. The highest BCUT2D eigenvalue weighted by Gasteiger charge is 2.58. The standard InChI is InChI=1S/C23H20F6N2O3/c24-22(25,26)16-6-14(7-17(8-16)23(27,28)29)10-34-13-20(15-4-2-1-3-5-15)11-21(12-20)9-18(32)30-19(33)31-21/h1-8H,9-13H2,(H2,30,31,32,33). The molecule has 1 aliphatic heterocycles. The van der Waals surface area contributed by atoms with Crippen molar-refractivity contribution in [1.82, 2.24) is 10.6 Å². The number of carbonyl (C=O) groups excluding carboxylic acids is 2. The van der Waals surface area contributed by atoms with Crippen molar-refractivity contribution >= 4 is 11.9 Å². The van der Waals surface area contributed by atoms with Crippen LogP contribution in [-0.4, -0.2) is 24.1 Å². The van der Waals surface area contributed by atoms with Crippen LogP contribution in [0.4, 0.5) is 31.1 Å². The van der Waals surface area contributed by atoms with Gasteiger partial charge in [-0.2, -0.15) is 26.3 Å². The van der Waals surface area contributed by atoms with Crippen LogP contribution < -0.4 is 10.6 Å². The maximum absolute atomic E-state index is 13.1. The molecule has 3 amide bonds. The molecule has 1 spiro atoms. The molecule has 2 N–H and O–H groups in total. The van der Waals surface area contributed by atoms with Gasteiger partial charge in [-0.25, -0.2) is 4.79 Å². The van der Waals surface area contributed by atoms with Gasteiger partial charge in [-0.3, -0.25) is 10.1 Å². The fourth-order valence-electron chi connectivity index (χ4n) is 4.90. The predicted octanol–water partition coefficient (Wildman–Crippen LogP) is 4.94. The number of nitrogens with one attached hydrogen (secondary N) is 2. The summed E-state index contributed by atoms with van der Waals surface area (Å²) in [6, 6.07) is 9.76. The van der Waals surface area contributed by atoms with E-state index < -0.39 is 53.0 Å². The van der Waals surface area contributed by atoms with Gasteiger partial charge in [0.05, 0.1) is 36.3 Å². The second kappa shape index (κ2) is 8.30. The van der Waals surface area contributed by atoms with Crippen LogP contribution in [0, 0.1) is 0 Å². The minimum atomic E-state index is -4.94. The smallest absolute Gasteiger partial charge is 0.376 e. The van der Waals surface area contributed by atoms with E-state index in [9.17, 15) is 35.9 Å². The Morgan fingerprint density at radius 2 is 1.47 bits per heavy atom. The molecule has 1 aliphatic carbocycles. The molecule has 4 rings (SSSR count). The Morgan fingerprint density at radius 3 is 2.00 bits per heavy atom. The molecule has 0 aromatic heterocycles. The predicted molar refractivity (Wildman–Crippen MR) is 107 cm³/mol. The first-order valence-corrected chi connectivity index (χ1v) is 10.3.